The molecule has 2 rings (SSSR count). The first-order chi connectivity index (χ1) is 11.5. The molecule has 1 aromatic heterocycles. The first-order valence-electron chi connectivity index (χ1n) is 7.55. The molecule has 2 aromatic rings. The molecule has 126 valence electrons. The van der Waals surface area contributed by atoms with Crippen LogP contribution >= 0.6 is 12.2 Å². The summed E-state index contributed by atoms with van der Waals surface area (Å²) in [4.78, 5) is 12.7. The van der Waals surface area contributed by atoms with Gasteiger partial charge in [-0.05, 0) is 38.2 Å². The zero-order valence-corrected chi connectivity index (χ0v) is 14.5. The molecular formula is C17H20N4O2S. The molecular weight excluding hydrogens is 324 g/mol. The van der Waals surface area contributed by atoms with Crippen LogP contribution in [0.5, 0.6) is 5.75 Å². The largest absolute Gasteiger partial charge is 0.506 e. The van der Waals surface area contributed by atoms with Crippen molar-refractivity contribution in [3.05, 3.63) is 52.8 Å². The molecule has 0 bridgehead atoms. The van der Waals surface area contributed by atoms with E-state index in [1.807, 2.05) is 25.1 Å². The lowest BCUT2D eigenvalue weighted by Gasteiger charge is -2.13. The van der Waals surface area contributed by atoms with Crippen LogP contribution < -0.4 is 16.3 Å². The minimum Gasteiger partial charge on any atom is -0.506 e. The topological polar surface area (TPSA) is 78.7 Å². The molecule has 3 N–H and O–H groups in total. The normalized spacial score (nSPS) is 11.3. The van der Waals surface area contributed by atoms with E-state index in [1.165, 1.54) is 0 Å². The summed E-state index contributed by atoms with van der Waals surface area (Å²) in [5.41, 5.74) is 3.57. The standard InChI is InChI=1S/C17H20N4O2S/c1-4-10-18-17(24)20-19-11(3)14-15(22)12-8-6-7-9-13(12)21(5-2)16(14)23/h4,6-9,22H,1,5,10H2,2-3H3,(H2,18,20,24)/b19-11-. The molecule has 0 saturated carbocycles. The monoisotopic (exact) mass is 344 g/mol. The van der Waals surface area contributed by atoms with Crippen LogP contribution in [0.1, 0.15) is 19.4 Å². The first-order valence-corrected chi connectivity index (χ1v) is 7.96. The number of hydrogen-bond acceptors (Lipinski definition) is 4. The maximum absolute atomic E-state index is 12.7. The van der Waals surface area contributed by atoms with E-state index in [0.29, 0.717) is 34.8 Å². The van der Waals surface area contributed by atoms with Crippen LogP contribution in [0.4, 0.5) is 0 Å². The Bertz CT molecular complexity index is 871. The number of aryl methyl sites for hydroxylation is 1. The fraction of sp³-hybridized carbons (Fsp3) is 0.235. The summed E-state index contributed by atoms with van der Waals surface area (Å²) in [6, 6.07) is 7.23. The number of nitrogens with zero attached hydrogens (tertiary/aromatic N) is 2. The molecule has 1 heterocycles. The number of nitrogens with one attached hydrogen (secondary N) is 2. The molecule has 0 aliphatic carbocycles. The Balaban J connectivity index is 2.50. The molecule has 0 unspecified atom stereocenters. The Hall–Kier alpha value is -2.67. The minimum atomic E-state index is -0.290. The summed E-state index contributed by atoms with van der Waals surface area (Å²) in [5, 5.41) is 18.4. The first kappa shape index (κ1) is 17.7. The van der Waals surface area contributed by atoms with E-state index < -0.39 is 0 Å². The Morgan fingerprint density at radius 1 is 1.46 bits per heavy atom. The smallest absolute Gasteiger partial charge is 0.263 e. The van der Waals surface area contributed by atoms with Gasteiger partial charge >= 0.3 is 0 Å². The highest BCUT2D eigenvalue weighted by molar-refractivity contribution is 7.80. The van der Waals surface area contributed by atoms with Gasteiger partial charge in [-0.25, -0.2) is 0 Å². The van der Waals surface area contributed by atoms with E-state index in [1.54, 1.807) is 23.6 Å². The maximum atomic E-state index is 12.7. The van der Waals surface area contributed by atoms with E-state index >= 15 is 0 Å². The van der Waals surface area contributed by atoms with E-state index in [0.717, 1.165) is 0 Å². The number of fused-ring (bicyclic) bond motifs is 1. The van der Waals surface area contributed by atoms with Gasteiger partial charge in [0.25, 0.3) is 5.56 Å². The van der Waals surface area contributed by atoms with Gasteiger partial charge in [0.2, 0.25) is 0 Å². The van der Waals surface area contributed by atoms with Crippen LogP contribution in [0.15, 0.2) is 46.8 Å². The van der Waals surface area contributed by atoms with Crippen molar-refractivity contribution in [1.29, 1.82) is 0 Å². The van der Waals surface area contributed by atoms with Crippen molar-refractivity contribution < 1.29 is 5.11 Å². The van der Waals surface area contributed by atoms with Gasteiger partial charge in [0.15, 0.2) is 5.11 Å². The quantitative estimate of drug-likeness (QED) is 0.335. The SMILES string of the molecule is C=CCNC(=S)N/N=C(/C)c1c(O)c2ccccc2n(CC)c1=O. The highest BCUT2D eigenvalue weighted by Crippen LogP contribution is 2.26. The third-order valence-corrected chi connectivity index (χ3v) is 3.79. The average Bonchev–Trinajstić information content (AvgIpc) is 2.58. The average molecular weight is 344 g/mol. The Morgan fingerprint density at radius 3 is 2.83 bits per heavy atom. The Labute approximate surface area is 145 Å². The summed E-state index contributed by atoms with van der Waals surface area (Å²) in [5.74, 6) is -0.0756. The molecule has 0 radical (unpaired) electrons. The van der Waals surface area contributed by atoms with Gasteiger partial charge < -0.3 is 15.0 Å². The second-order valence-corrected chi connectivity index (χ2v) is 5.51. The number of aromatic hydroxyl groups is 1. The van der Waals surface area contributed by atoms with Crippen LogP contribution in [0, 0.1) is 0 Å². The fourth-order valence-corrected chi connectivity index (χ4v) is 2.55. The van der Waals surface area contributed by atoms with E-state index in [-0.39, 0.29) is 16.9 Å². The van der Waals surface area contributed by atoms with Crippen molar-refractivity contribution in [2.45, 2.75) is 20.4 Å². The van der Waals surface area contributed by atoms with Gasteiger partial charge in [-0.3, -0.25) is 10.2 Å². The summed E-state index contributed by atoms with van der Waals surface area (Å²) in [6.45, 7) is 8.11. The Kier molecular flexibility index (Phi) is 5.70. The van der Waals surface area contributed by atoms with Crippen molar-refractivity contribution in [3.63, 3.8) is 0 Å². The number of thiocarbonyl (C=S) groups is 1. The lowest BCUT2D eigenvalue weighted by molar-refractivity contribution is 0.477. The van der Waals surface area contributed by atoms with Crippen LogP contribution in [0.2, 0.25) is 0 Å². The zero-order chi connectivity index (χ0) is 17.7. The third kappa shape index (κ3) is 3.46. The number of hydrogen-bond donors (Lipinski definition) is 3. The third-order valence-electron chi connectivity index (χ3n) is 3.56. The number of benzene rings is 1. The second kappa shape index (κ2) is 7.74. The predicted octanol–water partition coefficient (Wildman–Crippen LogP) is 2.10. The van der Waals surface area contributed by atoms with E-state index in [2.05, 4.69) is 22.4 Å². The molecule has 0 aliphatic rings. The van der Waals surface area contributed by atoms with Crippen LogP contribution in [0.25, 0.3) is 10.9 Å². The van der Waals surface area contributed by atoms with Crippen molar-refractivity contribution in [1.82, 2.24) is 15.3 Å². The van der Waals surface area contributed by atoms with Crippen LogP contribution in [0.3, 0.4) is 0 Å². The summed E-state index contributed by atoms with van der Waals surface area (Å²) >= 11 is 5.06. The molecule has 6 nitrogen and oxygen atoms in total. The van der Waals surface area contributed by atoms with Gasteiger partial charge in [-0.1, -0.05) is 18.2 Å². The van der Waals surface area contributed by atoms with Crippen molar-refractivity contribution in [2.75, 3.05) is 6.54 Å². The molecule has 0 saturated heterocycles. The lowest BCUT2D eigenvalue weighted by atomic mass is 10.1. The van der Waals surface area contributed by atoms with Crippen molar-refractivity contribution >= 4 is 33.9 Å². The van der Waals surface area contributed by atoms with Gasteiger partial charge in [0.05, 0.1) is 11.2 Å². The minimum absolute atomic E-state index is 0.0756. The number of para-hydroxylation sites is 1. The number of rotatable bonds is 5. The highest BCUT2D eigenvalue weighted by atomic mass is 32.1. The predicted molar refractivity (Wildman–Crippen MR) is 102 cm³/mol. The summed E-state index contributed by atoms with van der Waals surface area (Å²) in [7, 11) is 0. The van der Waals surface area contributed by atoms with Crippen molar-refractivity contribution in [3.8, 4) is 5.75 Å². The van der Waals surface area contributed by atoms with Gasteiger partial charge in [-0.15, -0.1) is 6.58 Å². The van der Waals surface area contributed by atoms with Gasteiger partial charge in [-0.2, -0.15) is 5.10 Å². The van der Waals surface area contributed by atoms with Gasteiger partial charge in [0, 0.05) is 18.5 Å². The Morgan fingerprint density at radius 2 is 2.17 bits per heavy atom. The molecule has 0 amide bonds. The molecule has 24 heavy (non-hydrogen) atoms. The maximum Gasteiger partial charge on any atom is 0.263 e. The van der Waals surface area contributed by atoms with Crippen LogP contribution in [-0.2, 0) is 6.54 Å². The number of hydrazone groups is 1. The van der Waals surface area contributed by atoms with E-state index in [9.17, 15) is 9.90 Å². The van der Waals surface area contributed by atoms with E-state index in [4.69, 9.17) is 12.2 Å². The lowest BCUT2D eigenvalue weighted by Crippen LogP contribution is -2.33. The molecule has 0 spiro atoms. The second-order valence-electron chi connectivity index (χ2n) is 5.10. The molecule has 0 fully saturated rings. The van der Waals surface area contributed by atoms with Gasteiger partial charge in [0.1, 0.15) is 11.3 Å². The number of aromatic nitrogens is 1. The summed E-state index contributed by atoms with van der Waals surface area (Å²) in [6.07, 6.45) is 1.67. The fourth-order valence-electron chi connectivity index (χ4n) is 2.42. The highest BCUT2D eigenvalue weighted by Gasteiger charge is 2.17. The van der Waals surface area contributed by atoms with Crippen LogP contribution in [-0.4, -0.2) is 27.0 Å². The van der Waals surface area contributed by atoms with Crippen molar-refractivity contribution in [2.24, 2.45) is 5.10 Å². The molecule has 0 aliphatic heterocycles. The molecule has 1 aromatic carbocycles. The molecule has 0 atom stereocenters. The summed E-state index contributed by atoms with van der Waals surface area (Å²) < 4.78 is 1.61. The number of pyridine rings is 1. The molecule has 7 heteroatoms. The zero-order valence-electron chi connectivity index (χ0n) is 13.7.